The van der Waals surface area contributed by atoms with Crippen molar-refractivity contribution < 1.29 is 4.79 Å². The van der Waals surface area contributed by atoms with Crippen LogP contribution in [0.25, 0.3) is 0 Å². The van der Waals surface area contributed by atoms with Crippen LogP contribution in [0.1, 0.15) is 0 Å². The summed E-state index contributed by atoms with van der Waals surface area (Å²) < 4.78 is 0. The second kappa shape index (κ2) is 6.87. The van der Waals surface area contributed by atoms with Crippen molar-refractivity contribution in [3.05, 3.63) is 24.4 Å². The minimum absolute atomic E-state index is 0.266. The van der Waals surface area contributed by atoms with Crippen LogP contribution in [0.5, 0.6) is 0 Å². The minimum Gasteiger partial charge on any atom is -0.354 e. The van der Waals surface area contributed by atoms with Crippen LogP contribution in [-0.2, 0) is 4.79 Å². The Morgan fingerprint density at radius 1 is 1.10 bits per heavy atom. The van der Waals surface area contributed by atoms with E-state index in [1.165, 1.54) is 0 Å². The van der Waals surface area contributed by atoms with Gasteiger partial charge in [-0.15, -0.1) is 0 Å². The summed E-state index contributed by atoms with van der Waals surface area (Å²) in [5.74, 6) is 1.30. The molecule has 0 spiro atoms. The number of hydrogen-bond donors (Lipinski definition) is 1. The molecule has 0 radical (unpaired) electrons. The van der Waals surface area contributed by atoms with Crippen LogP contribution in [0, 0.1) is 0 Å². The number of anilines is 1. The fraction of sp³-hybridized carbons (Fsp3) is 0.600. The second-order valence-electron chi connectivity index (χ2n) is 5.58. The standard InChI is InChI=1S/C15H23N5O/c21-15(20-7-5-16-6-8-20)13-18-9-11-19(12-10-18)14-3-1-2-4-17-14/h1-4,16H,5-13H2. The molecule has 0 aliphatic carbocycles. The number of nitrogens with one attached hydrogen (secondary N) is 1. The zero-order valence-electron chi connectivity index (χ0n) is 12.4. The Morgan fingerprint density at radius 3 is 2.52 bits per heavy atom. The van der Waals surface area contributed by atoms with E-state index in [1.54, 1.807) is 0 Å². The van der Waals surface area contributed by atoms with E-state index >= 15 is 0 Å². The van der Waals surface area contributed by atoms with Crippen LogP contribution in [-0.4, -0.2) is 79.6 Å². The number of rotatable bonds is 3. The summed E-state index contributed by atoms with van der Waals surface area (Å²) in [6.45, 7) is 7.79. The van der Waals surface area contributed by atoms with Crippen molar-refractivity contribution in [2.45, 2.75) is 0 Å². The monoisotopic (exact) mass is 289 g/mol. The molecule has 1 aromatic rings. The summed E-state index contributed by atoms with van der Waals surface area (Å²) >= 11 is 0. The molecule has 21 heavy (non-hydrogen) atoms. The Hall–Kier alpha value is -1.66. The summed E-state index contributed by atoms with van der Waals surface area (Å²) in [6.07, 6.45) is 1.83. The van der Waals surface area contributed by atoms with Crippen LogP contribution >= 0.6 is 0 Å². The van der Waals surface area contributed by atoms with Crippen molar-refractivity contribution >= 4 is 11.7 Å². The lowest BCUT2D eigenvalue weighted by Crippen LogP contribution is -2.53. The van der Waals surface area contributed by atoms with Crippen molar-refractivity contribution in [1.82, 2.24) is 20.1 Å². The Bertz CT molecular complexity index is 452. The molecule has 1 amide bonds. The van der Waals surface area contributed by atoms with E-state index in [0.29, 0.717) is 6.54 Å². The Balaban J connectivity index is 1.46. The van der Waals surface area contributed by atoms with Crippen molar-refractivity contribution in [1.29, 1.82) is 0 Å². The first-order valence-electron chi connectivity index (χ1n) is 7.70. The SMILES string of the molecule is O=C(CN1CCN(c2ccccn2)CC1)N1CCNCC1. The highest BCUT2D eigenvalue weighted by Gasteiger charge is 2.22. The molecular formula is C15H23N5O. The number of carbonyl (C=O) groups is 1. The third-order valence-electron chi connectivity index (χ3n) is 4.17. The van der Waals surface area contributed by atoms with Gasteiger partial charge in [-0.3, -0.25) is 9.69 Å². The predicted octanol–water partition coefficient (Wildman–Crippen LogP) is -0.365. The molecule has 2 aliphatic rings. The van der Waals surface area contributed by atoms with Gasteiger partial charge in [0.15, 0.2) is 0 Å². The van der Waals surface area contributed by atoms with E-state index in [9.17, 15) is 4.79 Å². The first-order valence-corrected chi connectivity index (χ1v) is 7.70. The van der Waals surface area contributed by atoms with Crippen LogP contribution in [0.4, 0.5) is 5.82 Å². The summed E-state index contributed by atoms with van der Waals surface area (Å²) in [4.78, 5) is 23.1. The molecule has 0 saturated carbocycles. The van der Waals surface area contributed by atoms with Gasteiger partial charge in [0.1, 0.15) is 5.82 Å². The molecule has 0 atom stereocenters. The number of carbonyl (C=O) groups excluding carboxylic acids is 1. The molecule has 0 unspecified atom stereocenters. The highest BCUT2D eigenvalue weighted by molar-refractivity contribution is 5.78. The molecule has 2 fully saturated rings. The highest BCUT2D eigenvalue weighted by Crippen LogP contribution is 2.12. The third kappa shape index (κ3) is 3.71. The summed E-state index contributed by atoms with van der Waals surface area (Å²) in [5.41, 5.74) is 0. The zero-order valence-corrected chi connectivity index (χ0v) is 12.4. The van der Waals surface area contributed by atoms with Gasteiger partial charge < -0.3 is 15.1 Å². The van der Waals surface area contributed by atoms with Gasteiger partial charge in [-0.1, -0.05) is 6.07 Å². The van der Waals surface area contributed by atoms with E-state index in [2.05, 4.69) is 20.1 Å². The molecule has 2 aliphatic heterocycles. The average molecular weight is 289 g/mol. The van der Waals surface area contributed by atoms with Crippen molar-refractivity contribution in [3.8, 4) is 0 Å². The van der Waals surface area contributed by atoms with E-state index < -0.39 is 0 Å². The largest absolute Gasteiger partial charge is 0.354 e. The molecule has 0 aromatic carbocycles. The van der Waals surface area contributed by atoms with Crippen molar-refractivity contribution in [2.24, 2.45) is 0 Å². The molecule has 6 heteroatoms. The number of pyridine rings is 1. The van der Waals surface area contributed by atoms with Gasteiger partial charge in [0.05, 0.1) is 6.54 Å². The number of piperazine rings is 2. The van der Waals surface area contributed by atoms with Gasteiger partial charge in [-0.05, 0) is 12.1 Å². The molecule has 3 rings (SSSR count). The van der Waals surface area contributed by atoms with E-state index in [1.807, 2.05) is 29.3 Å². The fourth-order valence-electron chi connectivity index (χ4n) is 2.88. The molecule has 1 N–H and O–H groups in total. The quantitative estimate of drug-likeness (QED) is 0.823. The molecular weight excluding hydrogens is 266 g/mol. The number of aromatic nitrogens is 1. The minimum atomic E-state index is 0.266. The first-order chi connectivity index (χ1) is 10.3. The molecule has 6 nitrogen and oxygen atoms in total. The number of amides is 1. The van der Waals surface area contributed by atoms with Crippen molar-refractivity contribution in [3.63, 3.8) is 0 Å². The molecule has 0 bridgehead atoms. The van der Waals surface area contributed by atoms with Gasteiger partial charge in [0.2, 0.25) is 5.91 Å². The fourth-order valence-corrected chi connectivity index (χ4v) is 2.88. The molecule has 1 aromatic heterocycles. The Kier molecular flexibility index (Phi) is 4.67. The van der Waals surface area contributed by atoms with Gasteiger partial charge >= 0.3 is 0 Å². The summed E-state index contributed by atoms with van der Waals surface area (Å²) in [7, 11) is 0. The maximum absolute atomic E-state index is 12.2. The third-order valence-corrected chi connectivity index (χ3v) is 4.17. The van der Waals surface area contributed by atoms with Crippen LogP contribution in [0.2, 0.25) is 0 Å². The topological polar surface area (TPSA) is 51.7 Å². The van der Waals surface area contributed by atoms with E-state index in [-0.39, 0.29) is 5.91 Å². The van der Waals surface area contributed by atoms with Gasteiger partial charge in [-0.2, -0.15) is 0 Å². The maximum atomic E-state index is 12.2. The van der Waals surface area contributed by atoms with E-state index in [4.69, 9.17) is 0 Å². The normalized spacial score (nSPS) is 20.6. The van der Waals surface area contributed by atoms with Gasteiger partial charge in [0, 0.05) is 58.6 Å². The zero-order chi connectivity index (χ0) is 14.5. The Labute approximate surface area is 125 Å². The summed E-state index contributed by atoms with van der Waals surface area (Å²) in [5, 5.41) is 3.28. The maximum Gasteiger partial charge on any atom is 0.236 e. The van der Waals surface area contributed by atoms with E-state index in [0.717, 1.165) is 58.2 Å². The second-order valence-corrected chi connectivity index (χ2v) is 5.58. The van der Waals surface area contributed by atoms with Crippen LogP contribution in [0.3, 0.4) is 0 Å². The predicted molar refractivity (Wildman–Crippen MR) is 82.3 cm³/mol. The molecule has 3 heterocycles. The average Bonchev–Trinajstić information content (AvgIpc) is 2.57. The highest BCUT2D eigenvalue weighted by atomic mass is 16.2. The lowest BCUT2D eigenvalue weighted by molar-refractivity contribution is -0.133. The lowest BCUT2D eigenvalue weighted by Gasteiger charge is -2.36. The van der Waals surface area contributed by atoms with Gasteiger partial charge in [-0.25, -0.2) is 4.98 Å². The first kappa shape index (κ1) is 14.3. The smallest absolute Gasteiger partial charge is 0.236 e. The Morgan fingerprint density at radius 2 is 1.86 bits per heavy atom. The number of nitrogens with zero attached hydrogens (tertiary/aromatic N) is 4. The van der Waals surface area contributed by atoms with Crippen molar-refractivity contribution in [2.75, 3.05) is 63.8 Å². The van der Waals surface area contributed by atoms with Gasteiger partial charge in [0.25, 0.3) is 0 Å². The number of hydrogen-bond acceptors (Lipinski definition) is 5. The summed E-state index contributed by atoms with van der Waals surface area (Å²) in [6, 6.07) is 6.00. The van der Waals surface area contributed by atoms with Crippen LogP contribution < -0.4 is 10.2 Å². The molecule has 114 valence electrons. The van der Waals surface area contributed by atoms with Crippen LogP contribution in [0.15, 0.2) is 24.4 Å². The lowest BCUT2D eigenvalue weighted by atomic mass is 10.3. The molecule has 2 saturated heterocycles.